The number of ketones is 2. The van der Waals surface area contributed by atoms with E-state index in [2.05, 4.69) is 17.0 Å². The molecule has 5 atom stereocenters. The summed E-state index contributed by atoms with van der Waals surface area (Å²) in [6.07, 6.45) is 5.80. The topological polar surface area (TPSA) is 174 Å². The van der Waals surface area contributed by atoms with Crippen molar-refractivity contribution >= 4 is 34.5 Å². The average Bonchev–Trinajstić information content (AvgIpc) is 3.96. The maximum atomic E-state index is 14.4. The highest BCUT2D eigenvalue weighted by Crippen LogP contribution is 2.47. The van der Waals surface area contributed by atoms with E-state index in [1.54, 1.807) is 36.6 Å². The predicted octanol–water partition coefficient (Wildman–Crippen LogP) is 4.20. The van der Waals surface area contributed by atoms with Crippen LogP contribution in [0.5, 0.6) is 17.2 Å². The molecule has 5 unspecified atom stereocenters. The monoisotopic (exact) mass is 772 g/mol. The van der Waals surface area contributed by atoms with Crippen molar-refractivity contribution in [1.29, 1.82) is 0 Å². The van der Waals surface area contributed by atoms with Gasteiger partial charge in [-0.1, -0.05) is 37.0 Å². The van der Waals surface area contributed by atoms with Crippen LogP contribution in [0.4, 0.5) is 0 Å². The van der Waals surface area contributed by atoms with Gasteiger partial charge in [0.25, 0.3) is 5.91 Å². The number of ether oxygens (including phenoxy) is 5. The molecule has 1 saturated carbocycles. The van der Waals surface area contributed by atoms with E-state index in [4.69, 9.17) is 23.7 Å². The van der Waals surface area contributed by atoms with Crippen LogP contribution in [0, 0.1) is 12.0 Å². The molecule has 292 valence electrons. The Kier molecular flexibility index (Phi) is 9.66. The molecule has 3 N–H and O–H groups in total. The standard InChI is InChI=1S/C44H40N2O11/c1-53-27-15-25-16-29(23-7-2-3-8-23)38-33(48)20-46-19-30-24(9-4-11-28(30)43(46)52)10-6-14-55-42-39(49)35(57-44(41(42)51)56-34(17-27)37(25)40(38)50)22-54-21-26-18-45-31-12-5-13-32(47)36(26)31/h4-5,9,11-13,15-18,23,35,39,41-42,44,49-51H,2-3,7-8,10,19-22H2,1H3. The minimum absolute atomic E-state index is 0.00959. The highest BCUT2D eigenvalue weighted by atomic mass is 16.7. The van der Waals surface area contributed by atoms with Gasteiger partial charge in [0.15, 0.2) is 23.8 Å². The molecule has 2 fully saturated rings. The van der Waals surface area contributed by atoms with Crippen molar-refractivity contribution in [2.24, 2.45) is 4.99 Å². The lowest BCUT2D eigenvalue weighted by Gasteiger charge is -2.41. The zero-order chi connectivity index (χ0) is 39.4. The van der Waals surface area contributed by atoms with Crippen LogP contribution in [-0.2, 0) is 32.0 Å². The molecule has 13 heteroatoms. The van der Waals surface area contributed by atoms with Crippen molar-refractivity contribution in [3.8, 4) is 29.3 Å². The van der Waals surface area contributed by atoms with Gasteiger partial charge in [-0.05, 0) is 71.2 Å². The number of fused-ring (bicyclic) bond motifs is 5. The quantitative estimate of drug-likeness (QED) is 0.307. The number of allylic oxidation sites excluding steroid dienone is 4. The number of nitrogens with zero attached hydrogens (tertiary/aromatic N) is 2. The van der Waals surface area contributed by atoms with Gasteiger partial charge in [0, 0.05) is 36.4 Å². The highest BCUT2D eigenvalue weighted by Gasteiger charge is 2.48. The Labute approximate surface area is 327 Å². The number of rotatable bonds is 6. The molecule has 1 amide bonds. The van der Waals surface area contributed by atoms with Crippen LogP contribution >= 0.6 is 0 Å². The molecule has 3 aromatic carbocycles. The first-order valence-electron chi connectivity index (χ1n) is 19.1. The lowest BCUT2D eigenvalue weighted by atomic mass is 9.87. The summed E-state index contributed by atoms with van der Waals surface area (Å²) in [5.41, 5.74) is 4.34. The first-order valence-corrected chi connectivity index (χ1v) is 19.1. The Morgan fingerprint density at radius 1 is 1.05 bits per heavy atom. The van der Waals surface area contributed by atoms with Gasteiger partial charge < -0.3 is 43.9 Å². The predicted molar refractivity (Wildman–Crippen MR) is 205 cm³/mol. The van der Waals surface area contributed by atoms with Gasteiger partial charge in [-0.2, -0.15) is 0 Å². The Hall–Kier alpha value is -5.78. The van der Waals surface area contributed by atoms with Gasteiger partial charge in [-0.3, -0.25) is 19.4 Å². The third kappa shape index (κ3) is 6.58. The summed E-state index contributed by atoms with van der Waals surface area (Å²) < 4.78 is 30.1. The third-order valence-corrected chi connectivity index (χ3v) is 11.6. The van der Waals surface area contributed by atoms with Gasteiger partial charge in [-0.15, -0.1) is 0 Å². The summed E-state index contributed by atoms with van der Waals surface area (Å²) in [5.74, 6) is 2.16. The minimum Gasteiger partial charge on any atom is -0.506 e. The molecule has 2 aliphatic carbocycles. The number of amides is 1. The second-order valence-corrected chi connectivity index (χ2v) is 15.1. The van der Waals surface area contributed by atoms with Crippen molar-refractivity contribution in [3.05, 3.63) is 99.3 Å². The van der Waals surface area contributed by atoms with Gasteiger partial charge in [-0.25, -0.2) is 0 Å². The lowest BCUT2D eigenvalue weighted by molar-refractivity contribution is -0.278. The number of carbonyl (C=O) groups excluding carboxylic acids is 3. The fraction of sp³-hybridized carbons (Fsp3) is 0.364. The number of aliphatic hydroxyl groups is 2. The summed E-state index contributed by atoms with van der Waals surface area (Å²) in [6.45, 7) is -0.295. The van der Waals surface area contributed by atoms with Gasteiger partial charge in [0.05, 0.1) is 49.1 Å². The Bertz CT molecular complexity index is 2400. The van der Waals surface area contributed by atoms with E-state index in [9.17, 15) is 29.7 Å². The number of hydrogen-bond donors (Lipinski definition) is 3. The van der Waals surface area contributed by atoms with E-state index in [1.807, 2.05) is 12.1 Å². The summed E-state index contributed by atoms with van der Waals surface area (Å²) >= 11 is 0. The van der Waals surface area contributed by atoms with E-state index in [0.717, 1.165) is 36.8 Å². The Balaban J connectivity index is 1.12. The van der Waals surface area contributed by atoms with Gasteiger partial charge in [0.2, 0.25) is 6.29 Å². The molecule has 6 bridgehead atoms. The SMILES string of the molecule is COc1cc2c3c(O)c(c(C4CCCC4)cc3c1)C(=O)CN1Cc3c(cccc3C1=O)CC#COC1C(O)C(COCC3=C4C(=O)C=CC=C4N=C3)OC(O2)C1O. The van der Waals surface area contributed by atoms with Crippen LogP contribution in [0.25, 0.3) is 10.8 Å². The van der Waals surface area contributed by atoms with Gasteiger partial charge >= 0.3 is 0 Å². The molecule has 0 radical (unpaired) electrons. The molecule has 13 nitrogen and oxygen atoms in total. The van der Waals surface area contributed by atoms with E-state index in [0.29, 0.717) is 39.1 Å². The average molecular weight is 773 g/mol. The van der Waals surface area contributed by atoms with E-state index < -0.39 is 36.5 Å². The van der Waals surface area contributed by atoms with Crippen molar-refractivity contribution in [3.63, 3.8) is 0 Å². The molecule has 9 rings (SSSR count). The number of phenols is 1. The molecule has 4 heterocycles. The fourth-order valence-corrected chi connectivity index (χ4v) is 8.74. The number of methoxy groups -OCH3 is 1. The van der Waals surface area contributed by atoms with E-state index >= 15 is 0 Å². The lowest BCUT2D eigenvalue weighted by Crippen LogP contribution is -2.60. The second kappa shape index (κ2) is 14.9. The highest BCUT2D eigenvalue weighted by molar-refractivity contribution is 6.14. The molecular weight excluding hydrogens is 732 g/mol. The maximum Gasteiger partial charge on any atom is 0.254 e. The first kappa shape index (κ1) is 36.8. The molecule has 0 spiro atoms. The van der Waals surface area contributed by atoms with E-state index in [-0.39, 0.29) is 72.8 Å². The fourth-order valence-electron chi connectivity index (χ4n) is 8.74. The van der Waals surface area contributed by atoms with Crippen LogP contribution in [0.2, 0.25) is 0 Å². The number of aliphatic hydroxyl groups excluding tert-OH is 2. The largest absolute Gasteiger partial charge is 0.506 e. The molecule has 3 aromatic rings. The summed E-state index contributed by atoms with van der Waals surface area (Å²) in [4.78, 5) is 46.5. The second-order valence-electron chi connectivity index (χ2n) is 15.1. The number of phenolic OH excluding ortho intramolecular Hbond substituents is 1. The number of hydrogen-bond acceptors (Lipinski definition) is 12. The van der Waals surface area contributed by atoms with Crippen LogP contribution in [0.3, 0.4) is 0 Å². The maximum absolute atomic E-state index is 14.4. The number of aromatic hydroxyl groups is 1. The van der Waals surface area contributed by atoms with Crippen LogP contribution in [0.15, 0.2) is 76.5 Å². The smallest absolute Gasteiger partial charge is 0.254 e. The normalized spacial score (nSPS) is 25.5. The Morgan fingerprint density at radius 3 is 2.72 bits per heavy atom. The van der Waals surface area contributed by atoms with Crippen molar-refractivity contribution in [2.45, 2.75) is 75.3 Å². The van der Waals surface area contributed by atoms with Gasteiger partial charge in [0.1, 0.15) is 35.6 Å². The summed E-state index contributed by atoms with van der Waals surface area (Å²) in [6, 6.07) is 10.5. The molecule has 1 saturated heterocycles. The van der Waals surface area contributed by atoms with Crippen molar-refractivity contribution in [2.75, 3.05) is 26.9 Å². The number of benzene rings is 3. The van der Waals surface area contributed by atoms with Crippen LogP contribution in [-0.4, -0.2) is 101 Å². The zero-order valence-corrected chi connectivity index (χ0v) is 31.1. The van der Waals surface area contributed by atoms with Crippen LogP contribution in [0.1, 0.15) is 69.0 Å². The molecule has 57 heavy (non-hydrogen) atoms. The molecule has 4 aliphatic heterocycles. The Morgan fingerprint density at radius 2 is 1.89 bits per heavy atom. The van der Waals surface area contributed by atoms with E-state index in [1.165, 1.54) is 24.2 Å². The summed E-state index contributed by atoms with van der Waals surface area (Å²) in [5, 5.41) is 36.2. The molecular formula is C44H40N2O11. The minimum atomic E-state index is -1.61. The first-order chi connectivity index (χ1) is 27.7. The van der Waals surface area contributed by atoms with Crippen LogP contribution < -0.4 is 9.47 Å². The van der Waals surface area contributed by atoms with Crippen molar-refractivity contribution in [1.82, 2.24) is 4.90 Å². The third-order valence-electron chi connectivity index (χ3n) is 11.6. The van der Waals surface area contributed by atoms with Crippen molar-refractivity contribution < 1.29 is 53.4 Å². The summed E-state index contributed by atoms with van der Waals surface area (Å²) in [7, 11) is 1.49. The number of aliphatic imine (C=N–C) groups is 1. The molecule has 6 aliphatic rings. The number of Topliss-reactive ketones (excluding diaryl/α,β-unsaturated/α-hetero) is 1. The molecule has 0 aromatic heterocycles. The number of carbonyl (C=O) groups is 3. The zero-order valence-electron chi connectivity index (χ0n) is 31.1.